The number of guanidine groups is 1. The van der Waals surface area contributed by atoms with Crippen molar-refractivity contribution in [1.29, 1.82) is 0 Å². The van der Waals surface area contributed by atoms with Gasteiger partial charge in [0.1, 0.15) is 0 Å². The number of benzene rings is 1. The standard InChI is InChI=1S/C17H23ClN4OS.HI/c1-4-19-17(22(3)10-15-11-24-12(2)21-15)20-9-16(23)13-5-7-14(18)8-6-13;/h5-8,11,16,23H,4,9-10H2,1-3H3,(H,19,20);1H. The predicted molar refractivity (Wildman–Crippen MR) is 116 cm³/mol. The summed E-state index contributed by atoms with van der Waals surface area (Å²) in [6.45, 7) is 5.73. The second-order valence-corrected chi connectivity index (χ2v) is 6.97. The number of nitrogens with zero attached hydrogens (tertiary/aromatic N) is 3. The average molecular weight is 495 g/mol. The maximum Gasteiger partial charge on any atom is 0.194 e. The van der Waals surface area contributed by atoms with E-state index in [0.717, 1.165) is 28.8 Å². The van der Waals surface area contributed by atoms with Crippen molar-refractivity contribution in [1.82, 2.24) is 15.2 Å². The van der Waals surface area contributed by atoms with E-state index in [1.54, 1.807) is 23.5 Å². The Labute approximate surface area is 175 Å². The molecule has 0 saturated heterocycles. The molecule has 2 aromatic rings. The van der Waals surface area contributed by atoms with Crippen LogP contribution in [-0.4, -0.2) is 41.1 Å². The highest BCUT2D eigenvalue weighted by Crippen LogP contribution is 2.17. The van der Waals surface area contributed by atoms with Crippen molar-refractivity contribution < 1.29 is 5.11 Å². The number of hydrogen-bond donors (Lipinski definition) is 2. The number of hydrogen-bond acceptors (Lipinski definition) is 4. The fourth-order valence-corrected chi connectivity index (χ4v) is 2.96. The van der Waals surface area contributed by atoms with Gasteiger partial charge in [0.05, 0.1) is 29.9 Å². The van der Waals surface area contributed by atoms with Crippen LogP contribution in [0.15, 0.2) is 34.6 Å². The molecule has 0 aliphatic carbocycles. The van der Waals surface area contributed by atoms with Crippen LogP contribution < -0.4 is 5.32 Å². The lowest BCUT2D eigenvalue weighted by Gasteiger charge is -2.21. The Kier molecular flexibility index (Phi) is 9.70. The lowest BCUT2D eigenvalue weighted by Crippen LogP contribution is -2.38. The largest absolute Gasteiger partial charge is 0.386 e. The molecule has 1 aromatic carbocycles. The van der Waals surface area contributed by atoms with Gasteiger partial charge >= 0.3 is 0 Å². The first kappa shape index (κ1) is 22.1. The molecule has 0 spiro atoms. The third-order valence-corrected chi connectivity index (χ3v) is 4.51. The summed E-state index contributed by atoms with van der Waals surface area (Å²) in [4.78, 5) is 11.0. The van der Waals surface area contributed by atoms with Gasteiger partial charge in [0.15, 0.2) is 5.96 Å². The van der Waals surface area contributed by atoms with Gasteiger partial charge in [0.2, 0.25) is 0 Å². The summed E-state index contributed by atoms with van der Waals surface area (Å²) in [7, 11) is 1.96. The molecule has 1 heterocycles. The van der Waals surface area contributed by atoms with E-state index in [1.165, 1.54) is 0 Å². The number of aliphatic hydroxyl groups is 1. The van der Waals surface area contributed by atoms with E-state index in [1.807, 2.05) is 37.9 Å². The van der Waals surface area contributed by atoms with Crippen LogP contribution in [0.3, 0.4) is 0 Å². The minimum atomic E-state index is -0.661. The van der Waals surface area contributed by atoms with E-state index in [-0.39, 0.29) is 30.5 Å². The van der Waals surface area contributed by atoms with Gasteiger partial charge in [-0.3, -0.25) is 4.99 Å². The van der Waals surface area contributed by atoms with Crippen molar-refractivity contribution in [3.05, 3.63) is 50.9 Å². The van der Waals surface area contributed by atoms with E-state index in [9.17, 15) is 5.11 Å². The maximum atomic E-state index is 10.3. The average Bonchev–Trinajstić information content (AvgIpc) is 2.96. The van der Waals surface area contributed by atoms with E-state index in [4.69, 9.17) is 11.6 Å². The second kappa shape index (κ2) is 10.9. The Morgan fingerprint density at radius 2 is 2.08 bits per heavy atom. The van der Waals surface area contributed by atoms with Gasteiger partial charge in [-0.15, -0.1) is 35.3 Å². The molecule has 0 aliphatic rings. The Hall–Kier alpha value is -0.900. The molecule has 0 bridgehead atoms. The Morgan fingerprint density at radius 1 is 1.40 bits per heavy atom. The van der Waals surface area contributed by atoms with Crippen molar-refractivity contribution >= 4 is 52.9 Å². The highest BCUT2D eigenvalue weighted by molar-refractivity contribution is 14.0. The van der Waals surface area contributed by atoms with E-state index in [2.05, 4.69) is 20.7 Å². The van der Waals surface area contributed by atoms with Gasteiger partial charge in [-0.2, -0.15) is 0 Å². The normalized spacial score (nSPS) is 12.4. The minimum Gasteiger partial charge on any atom is -0.386 e. The van der Waals surface area contributed by atoms with E-state index in [0.29, 0.717) is 11.6 Å². The topological polar surface area (TPSA) is 60.8 Å². The molecule has 2 rings (SSSR count). The van der Waals surface area contributed by atoms with E-state index < -0.39 is 6.10 Å². The highest BCUT2D eigenvalue weighted by atomic mass is 127. The number of halogens is 2. The predicted octanol–water partition coefficient (Wildman–Crippen LogP) is 3.85. The van der Waals surface area contributed by atoms with Crippen LogP contribution in [0, 0.1) is 6.92 Å². The van der Waals surface area contributed by atoms with Crippen LogP contribution in [0.25, 0.3) is 0 Å². The van der Waals surface area contributed by atoms with Crippen LogP contribution in [0.5, 0.6) is 0 Å². The zero-order valence-corrected chi connectivity index (χ0v) is 18.5. The molecule has 2 N–H and O–H groups in total. The van der Waals surface area contributed by atoms with Crippen LogP contribution in [0.1, 0.15) is 29.3 Å². The molecule has 0 saturated carbocycles. The van der Waals surface area contributed by atoms with Crippen molar-refractivity contribution in [3.63, 3.8) is 0 Å². The van der Waals surface area contributed by atoms with Gasteiger partial charge in [0.25, 0.3) is 0 Å². The fourth-order valence-electron chi connectivity index (χ4n) is 2.23. The van der Waals surface area contributed by atoms with Crippen molar-refractivity contribution in [2.75, 3.05) is 20.1 Å². The molecule has 0 aliphatic heterocycles. The van der Waals surface area contributed by atoms with Crippen LogP contribution in [-0.2, 0) is 6.54 Å². The van der Waals surface area contributed by atoms with Crippen LogP contribution in [0.2, 0.25) is 5.02 Å². The molecular formula is C17H24ClIN4OS. The number of nitrogens with one attached hydrogen (secondary N) is 1. The van der Waals surface area contributed by atoms with Crippen molar-refractivity contribution in [3.8, 4) is 0 Å². The molecule has 25 heavy (non-hydrogen) atoms. The third-order valence-electron chi connectivity index (χ3n) is 3.43. The van der Waals surface area contributed by atoms with Gasteiger partial charge in [0, 0.05) is 24.0 Å². The molecular weight excluding hydrogens is 471 g/mol. The minimum absolute atomic E-state index is 0. The first-order chi connectivity index (χ1) is 11.5. The molecule has 0 fully saturated rings. The zero-order valence-electron chi connectivity index (χ0n) is 14.6. The van der Waals surface area contributed by atoms with Gasteiger partial charge < -0.3 is 15.3 Å². The zero-order chi connectivity index (χ0) is 17.5. The highest BCUT2D eigenvalue weighted by Gasteiger charge is 2.11. The molecule has 1 atom stereocenters. The van der Waals surface area contributed by atoms with Gasteiger partial charge in [-0.1, -0.05) is 23.7 Å². The summed E-state index contributed by atoms with van der Waals surface area (Å²) in [6.07, 6.45) is -0.661. The first-order valence-corrected chi connectivity index (χ1v) is 9.09. The summed E-state index contributed by atoms with van der Waals surface area (Å²) in [6, 6.07) is 7.17. The second-order valence-electron chi connectivity index (χ2n) is 5.48. The molecule has 8 heteroatoms. The van der Waals surface area contributed by atoms with Crippen molar-refractivity contribution in [2.45, 2.75) is 26.5 Å². The SMILES string of the molecule is CCNC(=NCC(O)c1ccc(Cl)cc1)N(C)Cc1csc(C)n1.I. The van der Waals surface area contributed by atoms with Gasteiger partial charge in [-0.05, 0) is 31.5 Å². The molecule has 138 valence electrons. The summed E-state index contributed by atoms with van der Waals surface area (Å²) >= 11 is 7.51. The number of rotatable bonds is 6. The summed E-state index contributed by atoms with van der Waals surface area (Å²) in [5.41, 5.74) is 1.82. The van der Waals surface area contributed by atoms with Gasteiger partial charge in [-0.25, -0.2) is 4.98 Å². The quantitative estimate of drug-likeness (QED) is 0.364. The Bertz CT molecular complexity index is 678. The third kappa shape index (κ3) is 7.08. The Morgan fingerprint density at radius 3 is 2.64 bits per heavy atom. The molecule has 0 amide bonds. The number of aryl methyl sites for hydroxylation is 1. The lowest BCUT2D eigenvalue weighted by molar-refractivity contribution is 0.186. The summed E-state index contributed by atoms with van der Waals surface area (Å²) in [5, 5.41) is 17.3. The molecule has 5 nitrogen and oxygen atoms in total. The first-order valence-electron chi connectivity index (χ1n) is 7.83. The molecule has 0 radical (unpaired) electrons. The molecule has 1 aromatic heterocycles. The number of thiazole rings is 1. The fraction of sp³-hybridized carbons (Fsp3) is 0.412. The lowest BCUT2D eigenvalue weighted by atomic mass is 10.1. The smallest absolute Gasteiger partial charge is 0.194 e. The van der Waals surface area contributed by atoms with E-state index >= 15 is 0 Å². The van der Waals surface area contributed by atoms with Crippen LogP contribution in [0.4, 0.5) is 0 Å². The number of aromatic nitrogens is 1. The summed E-state index contributed by atoms with van der Waals surface area (Å²) in [5.74, 6) is 0.746. The summed E-state index contributed by atoms with van der Waals surface area (Å²) < 4.78 is 0. The monoisotopic (exact) mass is 494 g/mol. The molecule has 1 unspecified atom stereocenters. The van der Waals surface area contributed by atoms with Crippen molar-refractivity contribution in [2.24, 2.45) is 4.99 Å². The Balaban J connectivity index is 0.00000312. The number of aliphatic imine (C=N–C) groups is 1. The maximum absolute atomic E-state index is 10.3. The number of aliphatic hydroxyl groups excluding tert-OH is 1. The van der Waals surface area contributed by atoms with Crippen LogP contribution >= 0.6 is 46.9 Å².